The van der Waals surface area contributed by atoms with Gasteiger partial charge in [0.15, 0.2) is 0 Å². The highest BCUT2D eigenvalue weighted by Gasteiger charge is 2.26. The van der Waals surface area contributed by atoms with E-state index in [2.05, 4.69) is 25.5 Å². The van der Waals surface area contributed by atoms with Crippen LogP contribution in [0.15, 0.2) is 47.5 Å². The quantitative estimate of drug-likeness (QED) is 0.544. The molecule has 7 nitrogen and oxygen atoms in total. The van der Waals surface area contributed by atoms with Gasteiger partial charge in [0.1, 0.15) is 10.3 Å². The zero-order valence-corrected chi connectivity index (χ0v) is 16.4. The monoisotopic (exact) mass is 405 g/mol. The molecule has 1 aromatic carbocycles. The Morgan fingerprint density at radius 3 is 2.62 bits per heavy atom. The van der Waals surface area contributed by atoms with Crippen LogP contribution in [0, 0.1) is 0 Å². The lowest BCUT2D eigenvalue weighted by Crippen LogP contribution is -2.37. The zero-order valence-electron chi connectivity index (χ0n) is 15.6. The predicted molar refractivity (Wildman–Crippen MR) is 112 cm³/mol. The fourth-order valence-corrected chi connectivity index (χ4v) is 4.96. The number of hydrogen-bond donors (Lipinski definition) is 2. The summed E-state index contributed by atoms with van der Waals surface area (Å²) in [7, 11) is 0. The van der Waals surface area contributed by atoms with Crippen molar-refractivity contribution in [3.05, 3.63) is 63.7 Å². The van der Waals surface area contributed by atoms with E-state index in [1.54, 1.807) is 18.5 Å². The van der Waals surface area contributed by atoms with Gasteiger partial charge in [0.2, 0.25) is 0 Å². The van der Waals surface area contributed by atoms with E-state index < -0.39 is 0 Å². The summed E-state index contributed by atoms with van der Waals surface area (Å²) < 4.78 is 0. The minimum atomic E-state index is -0.155. The third-order valence-electron chi connectivity index (χ3n) is 5.56. The number of thiophene rings is 1. The molecule has 2 N–H and O–H groups in total. The van der Waals surface area contributed by atoms with Crippen molar-refractivity contribution in [2.75, 3.05) is 0 Å². The molecule has 3 heterocycles. The molecule has 1 aliphatic rings. The van der Waals surface area contributed by atoms with Gasteiger partial charge in [0.05, 0.1) is 16.0 Å². The summed E-state index contributed by atoms with van der Waals surface area (Å²) in [6.45, 7) is 0. The SMILES string of the molecule is O=C(NC1CCC(c2n[nH]c(=O)c3ccccc23)CC1)c1cc2nccnc2s1. The van der Waals surface area contributed by atoms with Gasteiger partial charge in [-0.15, -0.1) is 11.3 Å². The third kappa shape index (κ3) is 3.40. The van der Waals surface area contributed by atoms with E-state index >= 15 is 0 Å². The number of nitrogens with one attached hydrogen (secondary N) is 2. The summed E-state index contributed by atoms with van der Waals surface area (Å²) >= 11 is 1.36. The van der Waals surface area contributed by atoms with Crippen molar-refractivity contribution in [1.82, 2.24) is 25.5 Å². The molecule has 1 amide bonds. The summed E-state index contributed by atoms with van der Waals surface area (Å²) in [5.74, 6) is 0.216. The lowest BCUT2D eigenvalue weighted by atomic mass is 9.82. The second kappa shape index (κ2) is 7.36. The average molecular weight is 405 g/mol. The maximum atomic E-state index is 12.6. The largest absolute Gasteiger partial charge is 0.349 e. The van der Waals surface area contributed by atoms with Gasteiger partial charge in [0, 0.05) is 29.7 Å². The van der Waals surface area contributed by atoms with Crippen molar-refractivity contribution < 1.29 is 4.79 Å². The van der Waals surface area contributed by atoms with Crippen molar-refractivity contribution in [2.24, 2.45) is 0 Å². The Morgan fingerprint density at radius 2 is 1.83 bits per heavy atom. The molecule has 0 radical (unpaired) electrons. The van der Waals surface area contributed by atoms with Crippen molar-refractivity contribution in [2.45, 2.75) is 37.6 Å². The number of fused-ring (bicyclic) bond motifs is 2. The van der Waals surface area contributed by atoms with Gasteiger partial charge in [0.25, 0.3) is 11.5 Å². The summed E-state index contributed by atoms with van der Waals surface area (Å²) in [4.78, 5) is 34.6. The number of nitrogens with zero attached hydrogens (tertiary/aromatic N) is 3. The first-order chi connectivity index (χ1) is 14.2. The highest BCUT2D eigenvalue weighted by molar-refractivity contribution is 7.20. The molecule has 0 aliphatic heterocycles. The molecule has 8 heteroatoms. The molecule has 0 unspecified atom stereocenters. The van der Waals surface area contributed by atoms with Gasteiger partial charge in [-0.2, -0.15) is 5.10 Å². The molecule has 4 aromatic rings. The Labute approximate surface area is 170 Å². The molecule has 29 heavy (non-hydrogen) atoms. The molecular formula is C21H19N5O2S. The number of benzene rings is 1. The van der Waals surface area contributed by atoms with Crippen LogP contribution < -0.4 is 10.9 Å². The Balaban J connectivity index is 1.28. The summed E-state index contributed by atoms with van der Waals surface area (Å²) in [6.07, 6.45) is 6.87. The van der Waals surface area contributed by atoms with Crippen molar-refractivity contribution >= 4 is 38.4 Å². The van der Waals surface area contributed by atoms with Crippen LogP contribution in [0.25, 0.3) is 21.1 Å². The number of carbonyl (C=O) groups is 1. The fourth-order valence-electron chi connectivity index (χ4n) is 4.10. The molecular weight excluding hydrogens is 386 g/mol. The second-order valence-corrected chi connectivity index (χ2v) is 8.39. The zero-order chi connectivity index (χ0) is 19.8. The van der Waals surface area contributed by atoms with E-state index in [1.165, 1.54) is 11.3 Å². The van der Waals surface area contributed by atoms with Crippen LogP contribution in [0.2, 0.25) is 0 Å². The Bertz CT molecular complexity index is 1220. The van der Waals surface area contributed by atoms with Gasteiger partial charge >= 0.3 is 0 Å². The molecule has 1 saturated carbocycles. The number of rotatable bonds is 3. The van der Waals surface area contributed by atoms with Crippen LogP contribution in [0.4, 0.5) is 0 Å². The van der Waals surface area contributed by atoms with E-state index in [1.807, 2.05) is 24.3 Å². The number of carbonyl (C=O) groups excluding carboxylic acids is 1. The Kier molecular flexibility index (Phi) is 4.55. The molecule has 146 valence electrons. The number of aromatic nitrogens is 4. The maximum Gasteiger partial charge on any atom is 0.272 e. The van der Waals surface area contributed by atoms with Crippen molar-refractivity contribution in [3.63, 3.8) is 0 Å². The van der Waals surface area contributed by atoms with Crippen LogP contribution in [0.5, 0.6) is 0 Å². The molecule has 0 bridgehead atoms. The molecule has 3 aromatic heterocycles. The first-order valence-electron chi connectivity index (χ1n) is 9.68. The molecule has 0 spiro atoms. The Morgan fingerprint density at radius 1 is 1.07 bits per heavy atom. The molecule has 1 fully saturated rings. The first-order valence-corrected chi connectivity index (χ1v) is 10.5. The summed E-state index contributed by atoms with van der Waals surface area (Å²) in [6, 6.07) is 9.54. The predicted octanol–water partition coefficient (Wildman–Crippen LogP) is 3.38. The average Bonchev–Trinajstić information content (AvgIpc) is 3.20. The maximum absolute atomic E-state index is 12.6. The highest BCUT2D eigenvalue weighted by atomic mass is 32.1. The minimum Gasteiger partial charge on any atom is -0.349 e. The normalized spacial score (nSPS) is 19.4. The summed E-state index contributed by atoms with van der Waals surface area (Å²) in [5.41, 5.74) is 1.55. The van der Waals surface area contributed by atoms with Crippen LogP contribution >= 0.6 is 11.3 Å². The number of hydrogen-bond acceptors (Lipinski definition) is 6. The lowest BCUT2D eigenvalue weighted by molar-refractivity contribution is 0.0930. The van der Waals surface area contributed by atoms with Gasteiger partial charge in [-0.3, -0.25) is 14.6 Å². The smallest absolute Gasteiger partial charge is 0.272 e. The molecule has 1 aliphatic carbocycles. The van der Waals surface area contributed by atoms with Crippen molar-refractivity contribution in [3.8, 4) is 0 Å². The van der Waals surface area contributed by atoms with Crippen LogP contribution in [-0.4, -0.2) is 32.1 Å². The van der Waals surface area contributed by atoms with E-state index in [0.717, 1.165) is 47.1 Å². The number of amides is 1. The van der Waals surface area contributed by atoms with Crippen LogP contribution in [0.3, 0.4) is 0 Å². The second-order valence-electron chi connectivity index (χ2n) is 7.36. The molecule has 0 saturated heterocycles. The topological polar surface area (TPSA) is 101 Å². The van der Waals surface area contributed by atoms with E-state index in [0.29, 0.717) is 10.3 Å². The minimum absolute atomic E-state index is 0.0640. The van der Waals surface area contributed by atoms with Gasteiger partial charge < -0.3 is 5.32 Å². The lowest BCUT2D eigenvalue weighted by Gasteiger charge is -2.29. The van der Waals surface area contributed by atoms with E-state index in [4.69, 9.17) is 0 Å². The standard InChI is InChI=1S/C21H19N5O2S/c27-19-15-4-2-1-3-14(15)18(25-26-19)12-5-7-13(8-6-12)24-20(28)17-11-16-21(29-17)23-10-9-22-16/h1-4,9-13H,5-8H2,(H,24,28)(H,26,27). The van der Waals surface area contributed by atoms with Crippen LogP contribution in [0.1, 0.15) is 47.0 Å². The number of H-pyrrole nitrogens is 1. The van der Waals surface area contributed by atoms with E-state index in [-0.39, 0.29) is 23.4 Å². The Hall–Kier alpha value is -3.13. The van der Waals surface area contributed by atoms with Gasteiger partial charge in [-0.1, -0.05) is 18.2 Å². The van der Waals surface area contributed by atoms with Crippen molar-refractivity contribution in [1.29, 1.82) is 0 Å². The molecule has 0 atom stereocenters. The highest BCUT2D eigenvalue weighted by Crippen LogP contribution is 2.34. The molecule has 5 rings (SSSR count). The third-order valence-corrected chi connectivity index (χ3v) is 6.60. The summed E-state index contributed by atoms with van der Waals surface area (Å²) in [5, 5.41) is 11.7. The number of aromatic amines is 1. The van der Waals surface area contributed by atoms with Crippen LogP contribution in [-0.2, 0) is 0 Å². The van der Waals surface area contributed by atoms with Gasteiger partial charge in [-0.25, -0.2) is 10.1 Å². The van der Waals surface area contributed by atoms with E-state index in [9.17, 15) is 9.59 Å². The fraction of sp³-hybridized carbons (Fsp3) is 0.286. The first kappa shape index (κ1) is 17.9. The van der Waals surface area contributed by atoms with Gasteiger partial charge in [-0.05, 0) is 37.8 Å².